The molecular weight excluding hydrogens is 324 g/mol. The number of aromatic hydroxyl groups is 1. The highest BCUT2D eigenvalue weighted by Crippen LogP contribution is 2.22. The summed E-state index contributed by atoms with van der Waals surface area (Å²) in [7, 11) is 0. The lowest BCUT2D eigenvalue weighted by Gasteiger charge is -2.06. The lowest BCUT2D eigenvalue weighted by atomic mass is 10.0. The molecule has 2 aromatic carbocycles. The largest absolute Gasteiger partial charge is 0.508 e. The summed E-state index contributed by atoms with van der Waals surface area (Å²) in [6, 6.07) is 14.4. The van der Waals surface area contributed by atoms with Crippen molar-refractivity contribution < 1.29 is 14.6 Å². The number of phenols is 1. The van der Waals surface area contributed by atoms with Crippen LogP contribution >= 0.6 is 0 Å². The number of carbonyl (C=O) groups is 1. The van der Waals surface area contributed by atoms with Gasteiger partial charge in [0.05, 0.1) is 12.2 Å². The first-order chi connectivity index (χ1) is 12.7. The van der Waals surface area contributed by atoms with Crippen molar-refractivity contribution in [2.75, 3.05) is 6.61 Å². The number of phenolic OH excluding ortho intramolecular Hbond substituents is 1. The van der Waals surface area contributed by atoms with Crippen LogP contribution in [0.5, 0.6) is 5.75 Å². The van der Waals surface area contributed by atoms with E-state index >= 15 is 0 Å². The van der Waals surface area contributed by atoms with Crippen LogP contribution < -0.4 is 0 Å². The zero-order valence-electron chi connectivity index (χ0n) is 15.7. The molecule has 1 N–H and O–H groups in total. The molecule has 3 heteroatoms. The van der Waals surface area contributed by atoms with E-state index in [0.29, 0.717) is 12.2 Å². The van der Waals surface area contributed by atoms with Crippen molar-refractivity contribution in [2.24, 2.45) is 0 Å². The molecule has 0 saturated carbocycles. The Hall–Kier alpha value is -2.29. The van der Waals surface area contributed by atoms with Crippen molar-refractivity contribution in [3.8, 4) is 16.9 Å². The highest BCUT2D eigenvalue weighted by atomic mass is 16.5. The minimum Gasteiger partial charge on any atom is -0.508 e. The van der Waals surface area contributed by atoms with E-state index in [1.54, 1.807) is 24.3 Å². The van der Waals surface area contributed by atoms with Crippen molar-refractivity contribution in [1.82, 2.24) is 0 Å². The molecule has 0 aromatic heterocycles. The Morgan fingerprint density at radius 2 is 1.27 bits per heavy atom. The van der Waals surface area contributed by atoms with E-state index in [-0.39, 0.29) is 11.7 Å². The van der Waals surface area contributed by atoms with Gasteiger partial charge in [-0.25, -0.2) is 4.79 Å². The van der Waals surface area contributed by atoms with E-state index in [0.717, 1.165) is 24.0 Å². The summed E-state index contributed by atoms with van der Waals surface area (Å²) in [5.74, 6) is -0.0138. The van der Waals surface area contributed by atoms with Gasteiger partial charge in [-0.1, -0.05) is 76.1 Å². The second kappa shape index (κ2) is 11.3. The topological polar surface area (TPSA) is 46.5 Å². The Balaban J connectivity index is 1.67. The van der Waals surface area contributed by atoms with Gasteiger partial charge in [-0.15, -0.1) is 0 Å². The Kier molecular flexibility index (Phi) is 8.74. The standard InChI is InChI=1S/C23H30O3/c1-2-3-4-5-6-7-8-9-18-26-23(25)21-12-10-19(11-13-21)20-14-16-22(24)17-15-20/h10-17,24H,2-9,18H2,1H3. The monoisotopic (exact) mass is 354 g/mol. The van der Waals surface area contributed by atoms with Crippen LogP contribution in [0, 0.1) is 0 Å². The minimum absolute atomic E-state index is 0.245. The maximum Gasteiger partial charge on any atom is 0.338 e. The molecule has 0 aliphatic rings. The maximum absolute atomic E-state index is 12.1. The van der Waals surface area contributed by atoms with Crippen molar-refractivity contribution in [3.63, 3.8) is 0 Å². The van der Waals surface area contributed by atoms with Crippen molar-refractivity contribution in [3.05, 3.63) is 54.1 Å². The Morgan fingerprint density at radius 1 is 0.769 bits per heavy atom. The van der Waals surface area contributed by atoms with Crippen LogP contribution in [0.1, 0.15) is 68.6 Å². The fourth-order valence-corrected chi connectivity index (χ4v) is 2.94. The van der Waals surface area contributed by atoms with Crippen LogP contribution in [-0.2, 0) is 4.74 Å². The molecule has 0 spiro atoms. The Bertz CT molecular complexity index is 644. The Labute approximate surface area is 157 Å². The van der Waals surface area contributed by atoms with Gasteiger partial charge in [-0.3, -0.25) is 0 Å². The summed E-state index contributed by atoms with van der Waals surface area (Å²) in [5.41, 5.74) is 2.58. The predicted molar refractivity (Wildman–Crippen MR) is 106 cm³/mol. The van der Waals surface area contributed by atoms with Crippen LogP contribution in [0.2, 0.25) is 0 Å². The van der Waals surface area contributed by atoms with Gasteiger partial charge in [-0.05, 0) is 41.8 Å². The average molecular weight is 354 g/mol. The zero-order valence-corrected chi connectivity index (χ0v) is 15.7. The molecule has 0 atom stereocenters. The van der Waals surface area contributed by atoms with Crippen LogP contribution in [0.15, 0.2) is 48.5 Å². The van der Waals surface area contributed by atoms with Gasteiger partial charge in [0.1, 0.15) is 5.75 Å². The molecule has 0 amide bonds. The van der Waals surface area contributed by atoms with Crippen LogP contribution in [0.3, 0.4) is 0 Å². The van der Waals surface area contributed by atoms with E-state index in [1.807, 2.05) is 24.3 Å². The van der Waals surface area contributed by atoms with Crippen LogP contribution in [0.25, 0.3) is 11.1 Å². The number of benzene rings is 2. The van der Waals surface area contributed by atoms with Gasteiger partial charge in [0, 0.05) is 0 Å². The van der Waals surface area contributed by atoms with E-state index in [9.17, 15) is 9.90 Å². The second-order valence-corrected chi connectivity index (χ2v) is 6.74. The molecule has 0 radical (unpaired) electrons. The number of esters is 1. The molecule has 26 heavy (non-hydrogen) atoms. The zero-order chi connectivity index (χ0) is 18.6. The molecular formula is C23H30O3. The predicted octanol–water partition coefficient (Wildman–Crippen LogP) is 6.36. The summed E-state index contributed by atoms with van der Waals surface area (Å²) in [4.78, 5) is 12.1. The third-order valence-corrected chi connectivity index (χ3v) is 4.55. The number of ether oxygens (including phenoxy) is 1. The number of rotatable bonds is 11. The fraction of sp³-hybridized carbons (Fsp3) is 0.435. The molecule has 0 bridgehead atoms. The first-order valence-corrected chi connectivity index (χ1v) is 9.77. The highest BCUT2D eigenvalue weighted by Gasteiger charge is 2.07. The normalized spacial score (nSPS) is 10.7. The van der Waals surface area contributed by atoms with Gasteiger partial charge in [0.15, 0.2) is 0 Å². The second-order valence-electron chi connectivity index (χ2n) is 6.74. The number of hydrogen-bond acceptors (Lipinski definition) is 3. The minimum atomic E-state index is -0.259. The third-order valence-electron chi connectivity index (χ3n) is 4.55. The summed E-state index contributed by atoms with van der Waals surface area (Å²) < 4.78 is 5.36. The van der Waals surface area contributed by atoms with Crippen molar-refractivity contribution in [2.45, 2.75) is 58.3 Å². The SMILES string of the molecule is CCCCCCCCCCOC(=O)c1ccc(-c2ccc(O)cc2)cc1. The molecule has 0 saturated heterocycles. The van der Waals surface area contributed by atoms with E-state index in [1.165, 1.54) is 38.5 Å². The van der Waals surface area contributed by atoms with Crippen LogP contribution in [0.4, 0.5) is 0 Å². The molecule has 2 rings (SSSR count). The van der Waals surface area contributed by atoms with E-state index in [4.69, 9.17) is 4.74 Å². The van der Waals surface area contributed by atoms with E-state index in [2.05, 4.69) is 6.92 Å². The van der Waals surface area contributed by atoms with Gasteiger partial charge < -0.3 is 9.84 Å². The smallest absolute Gasteiger partial charge is 0.338 e. The molecule has 0 fully saturated rings. The number of hydrogen-bond donors (Lipinski definition) is 1. The Morgan fingerprint density at radius 3 is 1.85 bits per heavy atom. The first-order valence-electron chi connectivity index (χ1n) is 9.77. The van der Waals surface area contributed by atoms with Gasteiger partial charge in [0.25, 0.3) is 0 Å². The van der Waals surface area contributed by atoms with E-state index < -0.39 is 0 Å². The summed E-state index contributed by atoms with van der Waals surface area (Å²) in [6.07, 6.45) is 9.85. The fourth-order valence-electron chi connectivity index (χ4n) is 2.94. The van der Waals surface area contributed by atoms with Crippen molar-refractivity contribution in [1.29, 1.82) is 0 Å². The lowest BCUT2D eigenvalue weighted by Crippen LogP contribution is -2.06. The molecule has 140 valence electrons. The molecule has 0 aliphatic carbocycles. The lowest BCUT2D eigenvalue weighted by molar-refractivity contribution is 0.0497. The number of carbonyl (C=O) groups excluding carboxylic acids is 1. The summed E-state index contributed by atoms with van der Waals surface area (Å²) in [5, 5.41) is 9.34. The summed E-state index contributed by atoms with van der Waals surface area (Å²) in [6.45, 7) is 2.72. The average Bonchev–Trinajstić information content (AvgIpc) is 2.67. The highest BCUT2D eigenvalue weighted by molar-refractivity contribution is 5.90. The van der Waals surface area contributed by atoms with Gasteiger partial charge >= 0.3 is 5.97 Å². The molecule has 3 nitrogen and oxygen atoms in total. The van der Waals surface area contributed by atoms with Crippen molar-refractivity contribution >= 4 is 5.97 Å². The van der Waals surface area contributed by atoms with Gasteiger partial charge in [0.2, 0.25) is 0 Å². The molecule has 0 aliphatic heterocycles. The quantitative estimate of drug-likeness (QED) is 0.377. The molecule has 2 aromatic rings. The van der Waals surface area contributed by atoms with Crippen LogP contribution in [-0.4, -0.2) is 17.7 Å². The summed E-state index contributed by atoms with van der Waals surface area (Å²) >= 11 is 0. The molecule has 0 unspecified atom stereocenters. The number of unbranched alkanes of at least 4 members (excludes halogenated alkanes) is 7. The van der Waals surface area contributed by atoms with Gasteiger partial charge in [-0.2, -0.15) is 0 Å². The maximum atomic E-state index is 12.1. The molecule has 0 heterocycles. The first kappa shape index (κ1) is 20.0. The third kappa shape index (κ3) is 6.91.